The van der Waals surface area contributed by atoms with E-state index in [0.717, 1.165) is 44.5 Å². The molecule has 2 aliphatic rings. The third kappa shape index (κ3) is 1.71. The van der Waals surface area contributed by atoms with Crippen LogP contribution in [-0.2, 0) is 4.74 Å². The first kappa shape index (κ1) is 9.03. The Hall–Kier alpha value is -0.540. The Balaban J connectivity index is 2.03. The molecular formula is C10H17NO2. The van der Waals surface area contributed by atoms with Crippen molar-refractivity contribution in [1.29, 1.82) is 0 Å². The monoisotopic (exact) mass is 183 g/mol. The van der Waals surface area contributed by atoms with Gasteiger partial charge in [-0.15, -0.1) is 0 Å². The lowest BCUT2D eigenvalue weighted by molar-refractivity contribution is 0.0147. The molecule has 74 valence electrons. The highest BCUT2D eigenvalue weighted by Crippen LogP contribution is 2.33. The Bertz CT molecular complexity index is 217. The van der Waals surface area contributed by atoms with Crippen LogP contribution in [0.1, 0.15) is 19.3 Å². The molecule has 0 spiro atoms. The first-order valence-electron chi connectivity index (χ1n) is 4.93. The van der Waals surface area contributed by atoms with Gasteiger partial charge >= 0.3 is 0 Å². The maximum absolute atomic E-state index is 10.3. The fourth-order valence-electron chi connectivity index (χ4n) is 2.04. The molecule has 0 atom stereocenters. The van der Waals surface area contributed by atoms with Gasteiger partial charge in [0.25, 0.3) is 0 Å². The predicted octanol–water partition coefficient (Wildman–Crippen LogP) is 0.747. The number of ether oxygens (including phenoxy) is 1. The molecule has 3 heteroatoms. The van der Waals surface area contributed by atoms with Gasteiger partial charge in [0, 0.05) is 19.5 Å². The zero-order chi connectivity index (χ0) is 9.31. The van der Waals surface area contributed by atoms with Crippen molar-refractivity contribution in [3.05, 3.63) is 11.8 Å². The second-order valence-electron chi connectivity index (χ2n) is 4.10. The predicted molar refractivity (Wildman–Crippen MR) is 50.3 cm³/mol. The number of hydrogen-bond donors (Lipinski definition) is 1. The number of piperidine rings is 1. The molecule has 0 saturated carbocycles. The summed E-state index contributed by atoms with van der Waals surface area (Å²) in [6.07, 6.45) is 4.35. The third-order valence-corrected chi connectivity index (χ3v) is 3.13. The summed E-state index contributed by atoms with van der Waals surface area (Å²) in [5.74, 6) is 0. The smallest absolute Gasteiger partial charge is 0.0914 e. The summed E-state index contributed by atoms with van der Waals surface area (Å²) >= 11 is 0. The average molecular weight is 183 g/mol. The van der Waals surface area contributed by atoms with Crippen LogP contribution in [0.5, 0.6) is 0 Å². The van der Waals surface area contributed by atoms with Crippen molar-refractivity contribution in [2.24, 2.45) is 0 Å². The topological polar surface area (TPSA) is 32.7 Å². The van der Waals surface area contributed by atoms with E-state index in [1.807, 2.05) is 0 Å². The Kier molecular flexibility index (Phi) is 2.30. The van der Waals surface area contributed by atoms with Crippen molar-refractivity contribution in [3.8, 4) is 0 Å². The number of nitrogens with zero attached hydrogens (tertiary/aromatic N) is 1. The lowest BCUT2D eigenvalue weighted by Crippen LogP contribution is -2.43. The molecule has 0 radical (unpaired) electrons. The lowest BCUT2D eigenvalue weighted by Gasteiger charge is -2.37. The van der Waals surface area contributed by atoms with Gasteiger partial charge in [-0.05, 0) is 25.5 Å². The van der Waals surface area contributed by atoms with E-state index in [1.54, 1.807) is 6.26 Å². The standard InChI is InChI=1S/C10H17NO2/c1-11-5-3-10(12,4-6-11)9-2-7-13-8-9/h8,12H,2-7H2,1H3. The molecular weight excluding hydrogens is 166 g/mol. The second-order valence-corrected chi connectivity index (χ2v) is 4.10. The minimum absolute atomic E-state index is 0.566. The molecule has 3 nitrogen and oxygen atoms in total. The average Bonchev–Trinajstić information content (AvgIpc) is 2.63. The molecule has 0 aromatic heterocycles. The molecule has 2 heterocycles. The van der Waals surface area contributed by atoms with Crippen molar-refractivity contribution in [3.63, 3.8) is 0 Å². The molecule has 0 unspecified atom stereocenters. The maximum Gasteiger partial charge on any atom is 0.0914 e. The molecule has 2 aliphatic heterocycles. The van der Waals surface area contributed by atoms with Crippen LogP contribution in [0.3, 0.4) is 0 Å². The summed E-state index contributed by atoms with van der Waals surface area (Å²) in [4.78, 5) is 2.25. The van der Waals surface area contributed by atoms with E-state index in [0.29, 0.717) is 0 Å². The van der Waals surface area contributed by atoms with E-state index in [1.165, 1.54) is 0 Å². The van der Waals surface area contributed by atoms with Crippen LogP contribution in [0.15, 0.2) is 11.8 Å². The normalized spacial score (nSPS) is 28.3. The number of hydrogen-bond acceptors (Lipinski definition) is 3. The van der Waals surface area contributed by atoms with Crippen molar-refractivity contribution in [1.82, 2.24) is 4.90 Å². The SMILES string of the molecule is CN1CCC(O)(C2=COCC2)CC1. The molecule has 0 aliphatic carbocycles. The van der Waals surface area contributed by atoms with Crippen LogP contribution < -0.4 is 0 Å². The van der Waals surface area contributed by atoms with Gasteiger partial charge < -0.3 is 14.7 Å². The molecule has 2 rings (SSSR count). The number of aliphatic hydroxyl groups is 1. The van der Waals surface area contributed by atoms with E-state index in [2.05, 4.69) is 11.9 Å². The third-order valence-electron chi connectivity index (χ3n) is 3.13. The van der Waals surface area contributed by atoms with Gasteiger partial charge in [0.1, 0.15) is 0 Å². The van der Waals surface area contributed by atoms with Crippen LogP contribution in [0, 0.1) is 0 Å². The van der Waals surface area contributed by atoms with Crippen molar-refractivity contribution < 1.29 is 9.84 Å². The molecule has 0 amide bonds. The minimum atomic E-state index is -0.566. The highest BCUT2D eigenvalue weighted by molar-refractivity contribution is 5.18. The zero-order valence-corrected chi connectivity index (χ0v) is 8.12. The Labute approximate surface area is 79.0 Å². The molecule has 13 heavy (non-hydrogen) atoms. The summed E-state index contributed by atoms with van der Waals surface area (Å²) in [6, 6.07) is 0. The first-order chi connectivity index (χ1) is 6.21. The summed E-state index contributed by atoms with van der Waals surface area (Å²) in [7, 11) is 2.10. The fourth-order valence-corrected chi connectivity index (χ4v) is 2.04. The van der Waals surface area contributed by atoms with E-state index in [-0.39, 0.29) is 0 Å². The molecule has 0 bridgehead atoms. The lowest BCUT2D eigenvalue weighted by atomic mass is 9.84. The first-order valence-corrected chi connectivity index (χ1v) is 4.93. The zero-order valence-electron chi connectivity index (χ0n) is 8.12. The van der Waals surface area contributed by atoms with E-state index in [4.69, 9.17) is 4.74 Å². The number of likely N-dealkylation sites (tertiary alicyclic amines) is 1. The Morgan fingerprint density at radius 1 is 1.46 bits per heavy atom. The van der Waals surface area contributed by atoms with E-state index >= 15 is 0 Å². The van der Waals surface area contributed by atoms with Gasteiger partial charge in [0.2, 0.25) is 0 Å². The highest BCUT2D eigenvalue weighted by Gasteiger charge is 2.36. The molecule has 1 fully saturated rings. The molecule has 1 N–H and O–H groups in total. The molecule has 1 saturated heterocycles. The van der Waals surface area contributed by atoms with Crippen molar-refractivity contribution in [2.75, 3.05) is 26.7 Å². The highest BCUT2D eigenvalue weighted by atomic mass is 16.5. The van der Waals surface area contributed by atoms with Gasteiger partial charge in [-0.1, -0.05) is 0 Å². The van der Waals surface area contributed by atoms with Gasteiger partial charge in [-0.3, -0.25) is 0 Å². The summed E-state index contributed by atoms with van der Waals surface area (Å²) in [6.45, 7) is 2.70. The van der Waals surface area contributed by atoms with Crippen LogP contribution >= 0.6 is 0 Å². The van der Waals surface area contributed by atoms with Crippen LogP contribution in [-0.4, -0.2) is 42.4 Å². The summed E-state index contributed by atoms with van der Waals surface area (Å²) < 4.78 is 5.17. The van der Waals surface area contributed by atoms with Gasteiger partial charge in [0.15, 0.2) is 0 Å². The summed E-state index contributed by atoms with van der Waals surface area (Å²) in [5.41, 5.74) is 0.531. The van der Waals surface area contributed by atoms with Crippen LogP contribution in [0.4, 0.5) is 0 Å². The summed E-state index contributed by atoms with van der Waals surface area (Å²) in [5, 5.41) is 10.3. The van der Waals surface area contributed by atoms with Gasteiger partial charge in [0.05, 0.1) is 18.5 Å². The Morgan fingerprint density at radius 2 is 2.15 bits per heavy atom. The second kappa shape index (κ2) is 3.31. The molecule has 0 aromatic carbocycles. The van der Waals surface area contributed by atoms with E-state index in [9.17, 15) is 5.11 Å². The van der Waals surface area contributed by atoms with Crippen molar-refractivity contribution in [2.45, 2.75) is 24.9 Å². The quantitative estimate of drug-likeness (QED) is 0.651. The van der Waals surface area contributed by atoms with Gasteiger partial charge in [-0.25, -0.2) is 0 Å². The van der Waals surface area contributed by atoms with Gasteiger partial charge in [-0.2, -0.15) is 0 Å². The fraction of sp³-hybridized carbons (Fsp3) is 0.800. The Morgan fingerprint density at radius 3 is 2.69 bits per heavy atom. The number of rotatable bonds is 1. The van der Waals surface area contributed by atoms with Crippen LogP contribution in [0.2, 0.25) is 0 Å². The minimum Gasteiger partial charge on any atom is -0.501 e. The molecule has 0 aromatic rings. The maximum atomic E-state index is 10.3. The van der Waals surface area contributed by atoms with Crippen LogP contribution in [0.25, 0.3) is 0 Å². The largest absolute Gasteiger partial charge is 0.501 e. The van der Waals surface area contributed by atoms with Crippen molar-refractivity contribution >= 4 is 0 Å². The van der Waals surface area contributed by atoms with E-state index < -0.39 is 5.60 Å².